The highest BCUT2D eigenvalue weighted by Gasteiger charge is 2.16. The van der Waals surface area contributed by atoms with Gasteiger partial charge in [0.25, 0.3) is 0 Å². The first kappa shape index (κ1) is 21.9. The molecule has 0 spiro atoms. The molecule has 0 aliphatic carbocycles. The van der Waals surface area contributed by atoms with Crippen molar-refractivity contribution in [3.63, 3.8) is 0 Å². The first-order valence-electron chi connectivity index (χ1n) is 8.55. The van der Waals surface area contributed by atoms with Crippen molar-refractivity contribution < 1.29 is 18.0 Å². The van der Waals surface area contributed by atoms with Crippen molar-refractivity contribution in [3.05, 3.63) is 64.7 Å². The van der Waals surface area contributed by atoms with E-state index in [0.29, 0.717) is 5.02 Å². The molecule has 0 radical (unpaired) electrons. The summed E-state index contributed by atoms with van der Waals surface area (Å²) in [4.78, 5) is 23.9. The maximum Gasteiger partial charge on any atom is 0.241 e. The van der Waals surface area contributed by atoms with Crippen molar-refractivity contribution in [1.29, 1.82) is 0 Å². The van der Waals surface area contributed by atoms with Crippen LogP contribution in [-0.2, 0) is 19.6 Å². The predicted molar refractivity (Wildman–Crippen MR) is 107 cm³/mol. The number of hydrogen-bond acceptors (Lipinski definition) is 4. The van der Waals surface area contributed by atoms with Gasteiger partial charge in [-0.15, -0.1) is 0 Å². The standard InChI is InChI=1S/C19H22ClN3O4S/c1-13-6-8-17(9-7-13)28(26,27)22-12-18(24)21-11-19(25)23-14(2)15-4-3-5-16(20)10-15/h3-10,14,22H,11-12H2,1-2H3,(H,21,24)(H,23,25). The minimum atomic E-state index is -3.79. The number of carbonyl (C=O) groups excluding carboxylic acids is 2. The van der Waals surface area contributed by atoms with E-state index >= 15 is 0 Å². The van der Waals surface area contributed by atoms with Crippen molar-refractivity contribution in [2.75, 3.05) is 13.1 Å². The first-order valence-corrected chi connectivity index (χ1v) is 10.4. The summed E-state index contributed by atoms with van der Waals surface area (Å²) in [6.45, 7) is 2.90. The Morgan fingerprint density at radius 1 is 1.04 bits per heavy atom. The van der Waals surface area contributed by atoms with E-state index in [-0.39, 0.29) is 17.5 Å². The number of sulfonamides is 1. The molecule has 3 N–H and O–H groups in total. The molecule has 2 aromatic carbocycles. The minimum Gasteiger partial charge on any atom is -0.348 e. The average molecular weight is 424 g/mol. The maximum absolute atomic E-state index is 12.1. The Balaban J connectivity index is 1.78. The van der Waals surface area contributed by atoms with Crippen LogP contribution in [0.25, 0.3) is 0 Å². The number of amides is 2. The van der Waals surface area contributed by atoms with E-state index < -0.39 is 28.4 Å². The number of benzene rings is 2. The molecule has 0 aliphatic heterocycles. The molecule has 2 aromatic rings. The Morgan fingerprint density at radius 3 is 2.36 bits per heavy atom. The molecule has 0 heterocycles. The van der Waals surface area contributed by atoms with Gasteiger partial charge in [-0.05, 0) is 43.7 Å². The molecule has 2 rings (SSSR count). The number of carbonyl (C=O) groups is 2. The lowest BCUT2D eigenvalue weighted by Gasteiger charge is -2.15. The molecule has 1 atom stereocenters. The van der Waals surface area contributed by atoms with Crippen molar-refractivity contribution in [1.82, 2.24) is 15.4 Å². The molecule has 150 valence electrons. The Labute approximate surface area is 169 Å². The van der Waals surface area contributed by atoms with Crippen LogP contribution in [0, 0.1) is 6.92 Å². The van der Waals surface area contributed by atoms with Gasteiger partial charge in [0.05, 0.1) is 24.0 Å². The second-order valence-corrected chi connectivity index (χ2v) is 8.46. The van der Waals surface area contributed by atoms with Crippen LogP contribution >= 0.6 is 11.6 Å². The molecular weight excluding hydrogens is 402 g/mol. The van der Waals surface area contributed by atoms with Gasteiger partial charge >= 0.3 is 0 Å². The van der Waals surface area contributed by atoms with Crippen LogP contribution in [0.4, 0.5) is 0 Å². The van der Waals surface area contributed by atoms with Gasteiger partial charge in [0.1, 0.15) is 0 Å². The fourth-order valence-corrected chi connectivity index (χ4v) is 3.54. The van der Waals surface area contributed by atoms with E-state index in [2.05, 4.69) is 15.4 Å². The van der Waals surface area contributed by atoms with E-state index in [0.717, 1.165) is 11.1 Å². The van der Waals surface area contributed by atoms with E-state index in [9.17, 15) is 18.0 Å². The summed E-state index contributed by atoms with van der Waals surface area (Å²) in [5.41, 5.74) is 1.76. The van der Waals surface area contributed by atoms with E-state index in [1.807, 2.05) is 13.0 Å². The summed E-state index contributed by atoms with van der Waals surface area (Å²) in [6.07, 6.45) is 0. The summed E-state index contributed by atoms with van der Waals surface area (Å²) in [6, 6.07) is 13.0. The summed E-state index contributed by atoms with van der Waals surface area (Å²) >= 11 is 5.93. The molecule has 0 saturated heterocycles. The highest BCUT2D eigenvalue weighted by Crippen LogP contribution is 2.17. The van der Waals surface area contributed by atoms with Crippen LogP contribution in [-0.4, -0.2) is 33.3 Å². The second-order valence-electron chi connectivity index (χ2n) is 6.26. The Bertz CT molecular complexity index is 946. The lowest BCUT2D eigenvalue weighted by Crippen LogP contribution is -2.42. The van der Waals surface area contributed by atoms with E-state index in [1.54, 1.807) is 37.3 Å². The maximum atomic E-state index is 12.1. The quantitative estimate of drug-likeness (QED) is 0.603. The third-order valence-electron chi connectivity index (χ3n) is 3.93. The molecule has 0 fully saturated rings. The van der Waals surface area contributed by atoms with Gasteiger partial charge in [0, 0.05) is 5.02 Å². The van der Waals surface area contributed by atoms with Crippen molar-refractivity contribution in [2.45, 2.75) is 24.8 Å². The molecule has 0 bridgehead atoms. The van der Waals surface area contributed by atoms with Crippen LogP contribution in [0.1, 0.15) is 24.1 Å². The fourth-order valence-electron chi connectivity index (χ4n) is 2.35. The average Bonchev–Trinajstić information content (AvgIpc) is 2.65. The smallest absolute Gasteiger partial charge is 0.241 e. The molecule has 1 unspecified atom stereocenters. The molecule has 7 nitrogen and oxygen atoms in total. The van der Waals surface area contributed by atoms with Crippen LogP contribution in [0.2, 0.25) is 5.02 Å². The van der Waals surface area contributed by atoms with Crippen molar-refractivity contribution in [2.24, 2.45) is 0 Å². The van der Waals surface area contributed by atoms with Gasteiger partial charge in [0.15, 0.2) is 0 Å². The zero-order valence-corrected chi connectivity index (χ0v) is 17.1. The topological polar surface area (TPSA) is 104 Å². The molecule has 0 aliphatic rings. The van der Waals surface area contributed by atoms with Crippen LogP contribution in [0.15, 0.2) is 53.4 Å². The molecule has 9 heteroatoms. The number of rotatable bonds is 8. The molecule has 28 heavy (non-hydrogen) atoms. The largest absolute Gasteiger partial charge is 0.348 e. The number of hydrogen-bond donors (Lipinski definition) is 3. The van der Waals surface area contributed by atoms with Crippen LogP contribution < -0.4 is 15.4 Å². The zero-order chi connectivity index (χ0) is 20.7. The molecule has 0 saturated carbocycles. The third kappa shape index (κ3) is 6.63. The fraction of sp³-hybridized carbons (Fsp3) is 0.263. The van der Waals surface area contributed by atoms with Crippen LogP contribution in [0.3, 0.4) is 0 Å². The number of aryl methyl sites for hydroxylation is 1. The van der Waals surface area contributed by atoms with E-state index in [4.69, 9.17) is 11.6 Å². The first-order chi connectivity index (χ1) is 13.2. The van der Waals surface area contributed by atoms with Crippen molar-refractivity contribution in [3.8, 4) is 0 Å². The van der Waals surface area contributed by atoms with Gasteiger partial charge < -0.3 is 10.6 Å². The lowest BCUT2D eigenvalue weighted by atomic mass is 10.1. The predicted octanol–water partition coefficient (Wildman–Crippen LogP) is 1.92. The highest BCUT2D eigenvalue weighted by molar-refractivity contribution is 7.89. The van der Waals surface area contributed by atoms with Gasteiger partial charge in [-0.1, -0.05) is 41.4 Å². The molecular formula is C19H22ClN3O4S. The number of nitrogens with one attached hydrogen (secondary N) is 3. The number of halogens is 1. The summed E-state index contributed by atoms with van der Waals surface area (Å²) in [7, 11) is -3.79. The van der Waals surface area contributed by atoms with Gasteiger partial charge in [-0.25, -0.2) is 13.1 Å². The van der Waals surface area contributed by atoms with Gasteiger partial charge in [-0.3, -0.25) is 9.59 Å². The zero-order valence-electron chi connectivity index (χ0n) is 15.5. The molecule has 2 amide bonds. The second kappa shape index (κ2) is 9.68. The minimum absolute atomic E-state index is 0.0685. The normalized spacial score (nSPS) is 12.2. The lowest BCUT2D eigenvalue weighted by molar-refractivity contribution is -0.125. The van der Waals surface area contributed by atoms with Crippen LogP contribution in [0.5, 0.6) is 0 Å². The SMILES string of the molecule is Cc1ccc(S(=O)(=O)NCC(=O)NCC(=O)NC(C)c2cccc(Cl)c2)cc1. The van der Waals surface area contributed by atoms with E-state index in [1.165, 1.54) is 12.1 Å². The summed E-state index contributed by atoms with van der Waals surface area (Å²) < 4.78 is 26.5. The highest BCUT2D eigenvalue weighted by atomic mass is 35.5. The van der Waals surface area contributed by atoms with Gasteiger partial charge in [0.2, 0.25) is 21.8 Å². The summed E-state index contributed by atoms with van der Waals surface area (Å²) in [5.74, 6) is -1.01. The Kier molecular flexibility index (Phi) is 7.56. The summed E-state index contributed by atoms with van der Waals surface area (Å²) in [5, 5.41) is 5.67. The Morgan fingerprint density at radius 2 is 1.71 bits per heavy atom. The third-order valence-corrected chi connectivity index (χ3v) is 5.58. The Hall–Kier alpha value is -2.42. The van der Waals surface area contributed by atoms with Crippen molar-refractivity contribution >= 4 is 33.4 Å². The monoisotopic (exact) mass is 423 g/mol. The molecule has 0 aromatic heterocycles. The van der Waals surface area contributed by atoms with Gasteiger partial charge in [-0.2, -0.15) is 0 Å².